The lowest BCUT2D eigenvalue weighted by Crippen LogP contribution is -2.58. The number of methoxy groups -OCH3 is 1. The van der Waals surface area contributed by atoms with E-state index in [-0.39, 0.29) is 11.3 Å². The third-order valence-electron chi connectivity index (χ3n) is 5.37. The Morgan fingerprint density at radius 3 is 2.37 bits per heavy atom. The van der Waals surface area contributed by atoms with Gasteiger partial charge in [-0.3, -0.25) is 4.79 Å². The molecule has 1 amide bonds. The van der Waals surface area contributed by atoms with E-state index in [9.17, 15) is 9.59 Å². The van der Waals surface area contributed by atoms with Crippen LogP contribution in [0.3, 0.4) is 0 Å². The Labute approximate surface area is 163 Å². The van der Waals surface area contributed by atoms with E-state index in [0.717, 1.165) is 23.5 Å². The maximum atomic E-state index is 12.5. The minimum atomic E-state index is -0.396. The second-order valence-corrected chi connectivity index (χ2v) is 8.89. The van der Waals surface area contributed by atoms with Gasteiger partial charge in [-0.2, -0.15) is 0 Å². The van der Waals surface area contributed by atoms with Crippen LogP contribution in [-0.2, 0) is 9.53 Å². The molecule has 1 aromatic heterocycles. The van der Waals surface area contributed by atoms with E-state index in [4.69, 9.17) is 4.74 Å². The fourth-order valence-corrected chi connectivity index (χ4v) is 4.86. The van der Waals surface area contributed by atoms with Gasteiger partial charge in [-0.05, 0) is 50.5 Å². The van der Waals surface area contributed by atoms with E-state index >= 15 is 0 Å². The Kier molecular flexibility index (Phi) is 4.46. The average molecular weight is 385 g/mol. The maximum absolute atomic E-state index is 12.5. The van der Waals surface area contributed by atoms with Crippen LogP contribution >= 0.6 is 11.3 Å². The summed E-state index contributed by atoms with van der Waals surface area (Å²) in [4.78, 5) is 30.3. The summed E-state index contributed by atoms with van der Waals surface area (Å²) in [6, 6.07) is 10.4. The molecule has 0 radical (unpaired) electrons. The molecule has 2 aliphatic rings. The number of thiophene rings is 1. The molecular formula is C21H24N2O3S. The van der Waals surface area contributed by atoms with Crippen LogP contribution in [0, 0.1) is 5.41 Å². The van der Waals surface area contributed by atoms with Crippen molar-refractivity contribution in [1.29, 1.82) is 0 Å². The van der Waals surface area contributed by atoms with Crippen molar-refractivity contribution < 1.29 is 14.3 Å². The van der Waals surface area contributed by atoms with Gasteiger partial charge in [-0.1, -0.05) is 12.1 Å². The van der Waals surface area contributed by atoms with Gasteiger partial charge < -0.3 is 14.5 Å². The number of hydrogen-bond acceptors (Lipinski definition) is 5. The summed E-state index contributed by atoms with van der Waals surface area (Å²) in [7, 11) is 1.37. The number of amides is 1. The predicted molar refractivity (Wildman–Crippen MR) is 109 cm³/mol. The summed E-state index contributed by atoms with van der Waals surface area (Å²) in [5.74, 6) is -0.353. The SMILES string of the molecule is COC(=O)c1sc(-c2ccc(N3CCCC3)cc2)cc1N1CC(C)(C)C1=O. The Morgan fingerprint density at radius 1 is 1.15 bits per heavy atom. The van der Waals surface area contributed by atoms with Gasteiger partial charge in [0, 0.05) is 30.2 Å². The molecule has 0 spiro atoms. The van der Waals surface area contributed by atoms with Crippen molar-refractivity contribution in [1.82, 2.24) is 0 Å². The van der Waals surface area contributed by atoms with Gasteiger partial charge in [-0.15, -0.1) is 11.3 Å². The molecule has 2 aliphatic heterocycles. The molecule has 1 aromatic carbocycles. The van der Waals surface area contributed by atoms with Crippen molar-refractivity contribution in [3.63, 3.8) is 0 Å². The number of ether oxygens (including phenoxy) is 1. The van der Waals surface area contributed by atoms with E-state index in [2.05, 4.69) is 29.2 Å². The molecule has 5 nitrogen and oxygen atoms in total. The van der Waals surface area contributed by atoms with E-state index in [1.54, 1.807) is 4.90 Å². The first kappa shape index (κ1) is 18.0. The molecule has 3 heterocycles. The Balaban J connectivity index is 1.65. The molecule has 0 saturated carbocycles. The first-order valence-electron chi connectivity index (χ1n) is 9.30. The van der Waals surface area contributed by atoms with E-state index in [1.807, 2.05) is 19.9 Å². The predicted octanol–water partition coefficient (Wildman–Crippen LogP) is 4.17. The van der Waals surface area contributed by atoms with Gasteiger partial charge in [0.05, 0.1) is 18.2 Å². The molecule has 6 heteroatoms. The van der Waals surface area contributed by atoms with Gasteiger partial charge in [0.15, 0.2) is 0 Å². The molecule has 0 unspecified atom stereocenters. The Bertz CT molecular complexity index is 879. The highest BCUT2D eigenvalue weighted by Gasteiger charge is 2.46. The molecular weight excluding hydrogens is 360 g/mol. The quantitative estimate of drug-likeness (QED) is 0.586. The minimum Gasteiger partial charge on any atom is -0.465 e. The summed E-state index contributed by atoms with van der Waals surface area (Å²) in [5.41, 5.74) is 2.58. The van der Waals surface area contributed by atoms with Gasteiger partial charge in [0.2, 0.25) is 5.91 Å². The van der Waals surface area contributed by atoms with Crippen LogP contribution in [0.4, 0.5) is 11.4 Å². The first-order chi connectivity index (χ1) is 12.9. The molecule has 0 atom stereocenters. The summed E-state index contributed by atoms with van der Waals surface area (Å²) < 4.78 is 4.95. The molecule has 2 saturated heterocycles. The highest BCUT2D eigenvalue weighted by atomic mass is 32.1. The van der Waals surface area contributed by atoms with Crippen molar-refractivity contribution in [2.24, 2.45) is 5.41 Å². The van der Waals surface area contributed by atoms with Crippen molar-refractivity contribution in [3.8, 4) is 10.4 Å². The van der Waals surface area contributed by atoms with Gasteiger partial charge in [0.1, 0.15) is 4.88 Å². The van der Waals surface area contributed by atoms with E-state index in [1.165, 1.54) is 37.0 Å². The lowest BCUT2D eigenvalue weighted by molar-refractivity contribution is -0.132. The second kappa shape index (κ2) is 6.68. The maximum Gasteiger partial charge on any atom is 0.350 e. The smallest absolute Gasteiger partial charge is 0.350 e. The first-order valence-corrected chi connectivity index (χ1v) is 10.1. The number of anilines is 2. The molecule has 2 fully saturated rings. The molecule has 2 aromatic rings. The fourth-order valence-electron chi connectivity index (χ4n) is 3.78. The van der Waals surface area contributed by atoms with Crippen LogP contribution in [0.2, 0.25) is 0 Å². The zero-order chi connectivity index (χ0) is 19.2. The van der Waals surface area contributed by atoms with Crippen LogP contribution in [0.5, 0.6) is 0 Å². The number of esters is 1. The van der Waals surface area contributed by atoms with Crippen LogP contribution < -0.4 is 9.80 Å². The largest absolute Gasteiger partial charge is 0.465 e. The third-order valence-corrected chi connectivity index (χ3v) is 6.53. The highest BCUT2D eigenvalue weighted by Crippen LogP contribution is 2.43. The Morgan fingerprint density at radius 2 is 1.81 bits per heavy atom. The van der Waals surface area contributed by atoms with Gasteiger partial charge >= 0.3 is 5.97 Å². The summed E-state index contributed by atoms with van der Waals surface area (Å²) >= 11 is 1.38. The third kappa shape index (κ3) is 3.12. The summed E-state index contributed by atoms with van der Waals surface area (Å²) in [6.07, 6.45) is 2.50. The number of rotatable bonds is 4. The van der Waals surface area contributed by atoms with E-state index < -0.39 is 5.97 Å². The van der Waals surface area contributed by atoms with Crippen LogP contribution in [0.1, 0.15) is 36.4 Å². The van der Waals surface area contributed by atoms with Crippen LogP contribution in [0.15, 0.2) is 30.3 Å². The van der Waals surface area contributed by atoms with Crippen LogP contribution in [-0.4, -0.2) is 38.6 Å². The second-order valence-electron chi connectivity index (χ2n) is 7.83. The molecule has 142 valence electrons. The number of β-lactam (4-membered cyclic amide) rings is 1. The molecule has 0 aliphatic carbocycles. The van der Waals surface area contributed by atoms with Crippen molar-refractivity contribution in [2.45, 2.75) is 26.7 Å². The normalized spacial score (nSPS) is 18.6. The van der Waals surface area contributed by atoms with Crippen molar-refractivity contribution in [2.75, 3.05) is 36.5 Å². The summed E-state index contributed by atoms with van der Waals surface area (Å²) in [5, 5.41) is 0. The van der Waals surface area contributed by atoms with Gasteiger partial charge in [0.25, 0.3) is 0 Å². The Hall–Kier alpha value is -2.34. The van der Waals surface area contributed by atoms with E-state index in [0.29, 0.717) is 17.1 Å². The minimum absolute atomic E-state index is 0.0429. The topological polar surface area (TPSA) is 49.9 Å². The van der Waals surface area contributed by atoms with Crippen LogP contribution in [0.25, 0.3) is 10.4 Å². The zero-order valence-electron chi connectivity index (χ0n) is 15.9. The average Bonchev–Trinajstić information content (AvgIpc) is 3.35. The number of nitrogens with zero attached hydrogens (tertiary/aromatic N) is 2. The fraction of sp³-hybridized carbons (Fsp3) is 0.429. The number of benzene rings is 1. The van der Waals surface area contributed by atoms with Crippen molar-refractivity contribution in [3.05, 3.63) is 35.2 Å². The summed E-state index contributed by atoms with van der Waals surface area (Å²) in [6.45, 7) is 6.69. The van der Waals surface area contributed by atoms with Gasteiger partial charge in [-0.25, -0.2) is 4.79 Å². The number of carbonyl (C=O) groups excluding carboxylic acids is 2. The standard InChI is InChI=1S/C21H24N2O3S/c1-21(2)13-23(20(21)25)16-12-17(27-18(16)19(24)26-3)14-6-8-15(9-7-14)22-10-4-5-11-22/h6-9,12H,4-5,10-11,13H2,1-3H3. The number of carbonyl (C=O) groups is 2. The molecule has 0 bridgehead atoms. The highest BCUT2D eigenvalue weighted by molar-refractivity contribution is 7.18. The molecule has 0 N–H and O–H groups in total. The zero-order valence-corrected chi connectivity index (χ0v) is 16.8. The monoisotopic (exact) mass is 384 g/mol. The lowest BCUT2D eigenvalue weighted by atomic mass is 9.82. The molecule has 4 rings (SSSR count). The number of hydrogen-bond donors (Lipinski definition) is 0. The molecule has 27 heavy (non-hydrogen) atoms. The lowest BCUT2D eigenvalue weighted by Gasteiger charge is -2.44. The van der Waals surface area contributed by atoms with Crippen molar-refractivity contribution >= 4 is 34.6 Å².